The average Bonchev–Trinajstić information content (AvgIpc) is 2.34. The van der Waals surface area contributed by atoms with E-state index in [-0.39, 0.29) is 0 Å². The first kappa shape index (κ1) is 8.34. The van der Waals surface area contributed by atoms with Gasteiger partial charge in [0.25, 0.3) is 0 Å². The molecule has 0 bridgehead atoms. The van der Waals surface area contributed by atoms with Gasteiger partial charge >= 0.3 is 0 Å². The molecule has 1 aromatic heterocycles. The SMILES string of the molecule is CCCc1c(Cl)coc1C=O. The van der Waals surface area contributed by atoms with Crippen LogP contribution in [0.4, 0.5) is 0 Å². The van der Waals surface area contributed by atoms with Gasteiger partial charge < -0.3 is 4.42 Å². The van der Waals surface area contributed by atoms with Crippen LogP contribution in [0.1, 0.15) is 29.5 Å². The smallest absolute Gasteiger partial charge is 0.185 e. The summed E-state index contributed by atoms with van der Waals surface area (Å²) < 4.78 is 4.90. The average molecular weight is 173 g/mol. The number of carbonyl (C=O) groups excluding carboxylic acids is 1. The number of halogens is 1. The third-order valence-corrected chi connectivity index (χ3v) is 1.80. The lowest BCUT2D eigenvalue weighted by Crippen LogP contribution is -1.86. The number of rotatable bonds is 3. The van der Waals surface area contributed by atoms with Gasteiger partial charge in [0.1, 0.15) is 6.26 Å². The fourth-order valence-electron chi connectivity index (χ4n) is 0.967. The molecule has 0 fully saturated rings. The second-order valence-corrected chi connectivity index (χ2v) is 2.70. The van der Waals surface area contributed by atoms with Gasteiger partial charge in [-0.25, -0.2) is 0 Å². The molecule has 0 aromatic carbocycles. The quantitative estimate of drug-likeness (QED) is 0.657. The van der Waals surface area contributed by atoms with E-state index >= 15 is 0 Å². The van der Waals surface area contributed by atoms with Crippen LogP contribution in [-0.2, 0) is 6.42 Å². The van der Waals surface area contributed by atoms with Crippen molar-refractivity contribution in [3.05, 3.63) is 22.6 Å². The highest BCUT2D eigenvalue weighted by Gasteiger charge is 2.09. The maximum atomic E-state index is 10.4. The molecule has 1 rings (SSSR count). The first-order valence-electron chi connectivity index (χ1n) is 3.50. The van der Waals surface area contributed by atoms with Gasteiger partial charge in [0.2, 0.25) is 0 Å². The Morgan fingerprint density at radius 2 is 2.45 bits per heavy atom. The molecule has 0 radical (unpaired) electrons. The Hall–Kier alpha value is -0.760. The lowest BCUT2D eigenvalue weighted by Gasteiger charge is -1.93. The number of carbonyl (C=O) groups is 1. The Bertz CT molecular complexity index is 253. The Morgan fingerprint density at radius 3 is 3.00 bits per heavy atom. The molecule has 1 aromatic rings. The molecule has 0 amide bonds. The second kappa shape index (κ2) is 3.58. The van der Waals surface area contributed by atoms with Crippen LogP contribution in [0.2, 0.25) is 5.02 Å². The van der Waals surface area contributed by atoms with Gasteiger partial charge in [0, 0.05) is 5.56 Å². The minimum atomic E-state index is 0.358. The highest BCUT2D eigenvalue weighted by atomic mass is 35.5. The summed E-state index contributed by atoms with van der Waals surface area (Å²) in [4.78, 5) is 10.4. The molecule has 0 unspecified atom stereocenters. The van der Waals surface area contributed by atoms with Crippen molar-refractivity contribution >= 4 is 17.9 Å². The maximum absolute atomic E-state index is 10.4. The summed E-state index contributed by atoms with van der Waals surface area (Å²) in [6.45, 7) is 2.03. The molecule has 1 heterocycles. The Balaban J connectivity index is 2.97. The fourth-order valence-corrected chi connectivity index (χ4v) is 1.20. The topological polar surface area (TPSA) is 30.2 Å². The van der Waals surface area contributed by atoms with Gasteiger partial charge in [-0.3, -0.25) is 4.79 Å². The standard InChI is InChI=1S/C8H9ClO2/c1-2-3-6-7(9)5-11-8(6)4-10/h4-5H,2-3H2,1H3. The van der Waals surface area contributed by atoms with E-state index < -0.39 is 0 Å². The van der Waals surface area contributed by atoms with Gasteiger partial charge in [-0.2, -0.15) is 0 Å². The molecule has 60 valence electrons. The largest absolute Gasteiger partial charge is 0.460 e. The summed E-state index contributed by atoms with van der Waals surface area (Å²) in [7, 11) is 0. The van der Waals surface area contributed by atoms with Crippen molar-refractivity contribution in [3.8, 4) is 0 Å². The minimum absolute atomic E-state index is 0.358. The summed E-state index contributed by atoms with van der Waals surface area (Å²) in [5.41, 5.74) is 0.823. The summed E-state index contributed by atoms with van der Waals surface area (Å²) in [6, 6.07) is 0. The van der Waals surface area contributed by atoms with Crippen LogP contribution in [0.3, 0.4) is 0 Å². The molecule has 0 spiro atoms. The molecular weight excluding hydrogens is 164 g/mol. The number of furan rings is 1. The van der Waals surface area contributed by atoms with Crippen molar-refractivity contribution in [2.24, 2.45) is 0 Å². The molecule has 2 nitrogen and oxygen atoms in total. The molecular formula is C8H9ClO2. The van der Waals surface area contributed by atoms with E-state index in [9.17, 15) is 4.79 Å². The van der Waals surface area contributed by atoms with E-state index in [1.165, 1.54) is 6.26 Å². The maximum Gasteiger partial charge on any atom is 0.185 e. The highest BCUT2D eigenvalue weighted by molar-refractivity contribution is 6.31. The summed E-state index contributed by atoms with van der Waals surface area (Å²) in [6.07, 6.45) is 3.84. The van der Waals surface area contributed by atoms with Crippen molar-refractivity contribution in [3.63, 3.8) is 0 Å². The molecule has 3 heteroatoms. The van der Waals surface area contributed by atoms with E-state index in [0.29, 0.717) is 17.1 Å². The number of hydrogen-bond acceptors (Lipinski definition) is 2. The number of aldehydes is 1. The zero-order valence-corrected chi connectivity index (χ0v) is 7.02. The molecule has 0 aliphatic heterocycles. The predicted molar refractivity (Wildman–Crippen MR) is 43.1 cm³/mol. The van der Waals surface area contributed by atoms with Crippen LogP contribution in [0.15, 0.2) is 10.7 Å². The van der Waals surface area contributed by atoms with Crippen molar-refractivity contribution in [1.82, 2.24) is 0 Å². The highest BCUT2D eigenvalue weighted by Crippen LogP contribution is 2.22. The normalized spacial score (nSPS) is 10.0. The van der Waals surface area contributed by atoms with E-state index in [4.69, 9.17) is 16.0 Å². The van der Waals surface area contributed by atoms with Crippen LogP contribution < -0.4 is 0 Å². The zero-order chi connectivity index (χ0) is 8.27. The predicted octanol–water partition coefficient (Wildman–Crippen LogP) is 2.70. The van der Waals surface area contributed by atoms with Gasteiger partial charge in [0.05, 0.1) is 5.02 Å². The Labute approximate surface area is 70.2 Å². The van der Waals surface area contributed by atoms with Crippen LogP contribution in [0, 0.1) is 0 Å². The summed E-state index contributed by atoms with van der Waals surface area (Å²) in [5.74, 6) is 0.358. The number of hydrogen-bond donors (Lipinski definition) is 0. The summed E-state index contributed by atoms with van der Waals surface area (Å²) >= 11 is 5.75. The minimum Gasteiger partial charge on any atom is -0.460 e. The molecule has 0 N–H and O–H groups in total. The molecule has 0 aliphatic rings. The van der Waals surface area contributed by atoms with Crippen LogP contribution in [-0.4, -0.2) is 6.29 Å². The van der Waals surface area contributed by atoms with Crippen molar-refractivity contribution < 1.29 is 9.21 Å². The van der Waals surface area contributed by atoms with Crippen LogP contribution in [0.5, 0.6) is 0 Å². The van der Waals surface area contributed by atoms with Gasteiger partial charge in [-0.15, -0.1) is 0 Å². The lowest BCUT2D eigenvalue weighted by molar-refractivity contribution is 0.109. The molecule has 11 heavy (non-hydrogen) atoms. The third-order valence-electron chi connectivity index (χ3n) is 1.48. The Kier molecular flexibility index (Phi) is 2.71. The van der Waals surface area contributed by atoms with E-state index in [1.807, 2.05) is 6.92 Å². The molecule has 0 saturated heterocycles. The van der Waals surface area contributed by atoms with Gasteiger partial charge in [0.15, 0.2) is 12.0 Å². The van der Waals surface area contributed by atoms with E-state index in [1.54, 1.807) is 0 Å². The van der Waals surface area contributed by atoms with Crippen LogP contribution in [0.25, 0.3) is 0 Å². The molecule has 0 atom stereocenters. The third kappa shape index (κ3) is 1.63. The summed E-state index contributed by atoms with van der Waals surface area (Å²) in [5, 5.41) is 0.550. The van der Waals surface area contributed by atoms with E-state index in [2.05, 4.69) is 0 Å². The lowest BCUT2D eigenvalue weighted by atomic mass is 10.1. The second-order valence-electron chi connectivity index (χ2n) is 2.29. The van der Waals surface area contributed by atoms with Gasteiger partial charge in [-0.05, 0) is 6.42 Å². The first-order valence-corrected chi connectivity index (χ1v) is 3.88. The molecule has 0 saturated carbocycles. The Morgan fingerprint density at radius 1 is 1.73 bits per heavy atom. The fraction of sp³-hybridized carbons (Fsp3) is 0.375. The van der Waals surface area contributed by atoms with Crippen molar-refractivity contribution in [2.45, 2.75) is 19.8 Å². The van der Waals surface area contributed by atoms with Gasteiger partial charge in [-0.1, -0.05) is 24.9 Å². The zero-order valence-electron chi connectivity index (χ0n) is 6.26. The van der Waals surface area contributed by atoms with Crippen molar-refractivity contribution in [2.75, 3.05) is 0 Å². The molecule has 0 aliphatic carbocycles. The monoisotopic (exact) mass is 172 g/mol. The van der Waals surface area contributed by atoms with E-state index in [0.717, 1.165) is 18.4 Å². The van der Waals surface area contributed by atoms with Crippen LogP contribution >= 0.6 is 11.6 Å². The first-order chi connectivity index (χ1) is 5.29. The van der Waals surface area contributed by atoms with Crippen molar-refractivity contribution in [1.29, 1.82) is 0 Å².